The summed E-state index contributed by atoms with van der Waals surface area (Å²) in [7, 11) is 0. The Bertz CT molecular complexity index is 772. The minimum Gasteiger partial charge on any atom is -0.462 e. The molecule has 1 aliphatic rings. The predicted octanol–water partition coefficient (Wildman–Crippen LogP) is 1.81. The third-order valence-electron chi connectivity index (χ3n) is 3.29. The second-order valence-electron chi connectivity index (χ2n) is 5.45. The Hall–Kier alpha value is -2.14. The van der Waals surface area contributed by atoms with Crippen LogP contribution in [0.15, 0.2) is 35.4 Å². The number of hydrogen-bond acceptors (Lipinski definition) is 6. The SMILES string of the molecule is CCOC(=O)C1=CNC(C)(NCCNC(=O)C#Cc2cccc(Cl)c2)S1. The molecule has 8 heteroatoms. The zero-order valence-electron chi connectivity index (χ0n) is 14.5. The van der Waals surface area contributed by atoms with Crippen LogP contribution in [0.25, 0.3) is 0 Å². The minimum absolute atomic E-state index is 0.336. The first-order valence-electron chi connectivity index (χ1n) is 8.06. The summed E-state index contributed by atoms with van der Waals surface area (Å²) in [5.74, 6) is 4.57. The fourth-order valence-electron chi connectivity index (χ4n) is 2.09. The number of nitrogens with one attached hydrogen (secondary N) is 3. The summed E-state index contributed by atoms with van der Waals surface area (Å²) in [6.45, 7) is 4.91. The van der Waals surface area contributed by atoms with Crippen molar-refractivity contribution in [3.8, 4) is 11.8 Å². The van der Waals surface area contributed by atoms with Crippen molar-refractivity contribution in [3.05, 3.63) is 46.0 Å². The summed E-state index contributed by atoms with van der Waals surface area (Å²) in [4.78, 5) is 23.4. The van der Waals surface area contributed by atoms with Gasteiger partial charge >= 0.3 is 5.97 Å². The number of carbonyl (C=O) groups is 2. The standard InChI is InChI=1S/C18H20ClN3O3S/c1-3-25-17(24)15-12-22-18(2,26-15)21-10-9-20-16(23)8-7-13-5-4-6-14(19)11-13/h4-6,11-12,21-22H,3,9-10H2,1-2H3,(H,20,23). The fraction of sp³-hybridized carbons (Fsp3) is 0.333. The molecule has 2 rings (SSSR count). The molecule has 0 radical (unpaired) electrons. The number of hydrogen-bond donors (Lipinski definition) is 3. The van der Waals surface area contributed by atoms with Crippen molar-refractivity contribution in [2.24, 2.45) is 0 Å². The van der Waals surface area contributed by atoms with Crippen molar-refractivity contribution in [1.29, 1.82) is 0 Å². The number of rotatable bonds is 6. The fourth-order valence-corrected chi connectivity index (χ4v) is 3.27. The van der Waals surface area contributed by atoms with Crippen molar-refractivity contribution in [3.63, 3.8) is 0 Å². The molecule has 0 saturated heterocycles. The highest BCUT2D eigenvalue weighted by Gasteiger charge is 2.33. The Morgan fingerprint density at radius 1 is 1.38 bits per heavy atom. The van der Waals surface area contributed by atoms with Gasteiger partial charge in [-0.15, -0.1) is 0 Å². The second kappa shape index (κ2) is 9.53. The number of halogens is 1. The van der Waals surface area contributed by atoms with Crippen LogP contribution in [0.4, 0.5) is 0 Å². The Morgan fingerprint density at radius 3 is 2.92 bits per heavy atom. The number of carbonyl (C=O) groups excluding carboxylic acids is 2. The topological polar surface area (TPSA) is 79.5 Å². The third kappa shape index (κ3) is 6.30. The van der Waals surface area contributed by atoms with Gasteiger partial charge in [-0.2, -0.15) is 0 Å². The molecule has 0 aromatic heterocycles. The molecule has 1 aromatic rings. The van der Waals surface area contributed by atoms with E-state index in [1.807, 2.05) is 6.92 Å². The van der Waals surface area contributed by atoms with Gasteiger partial charge in [0, 0.05) is 35.8 Å². The largest absolute Gasteiger partial charge is 0.462 e. The summed E-state index contributed by atoms with van der Waals surface area (Å²) in [5, 5.41) is 9.62. The molecule has 138 valence electrons. The summed E-state index contributed by atoms with van der Waals surface area (Å²) in [6.07, 6.45) is 1.63. The lowest BCUT2D eigenvalue weighted by Gasteiger charge is -2.25. The Kier molecular flexibility index (Phi) is 7.39. The lowest BCUT2D eigenvalue weighted by molar-refractivity contribution is -0.137. The highest BCUT2D eigenvalue weighted by atomic mass is 35.5. The molecular formula is C18H20ClN3O3S. The van der Waals surface area contributed by atoms with Crippen molar-refractivity contribution in [2.45, 2.75) is 18.8 Å². The quantitative estimate of drug-likeness (QED) is 0.388. The van der Waals surface area contributed by atoms with E-state index in [9.17, 15) is 9.59 Å². The first kappa shape index (κ1) is 20.2. The Morgan fingerprint density at radius 2 is 2.19 bits per heavy atom. The Balaban J connectivity index is 1.71. The Labute approximate surface area is 162 Å². The van der Waals surface area contributed by atoms with E-state index in [0.29, 0.717) is 35.2 Å². The number of esters is 1. The lowest BCUT2D eigenvalue weighted by atomic mass is 10.2. The summed E-state index contributed by atoms with van der Waals surface area (Å²) < 4.78 is 4.97. The van der Waals surface area contributed by atoms with Crippen LogP contribution in [-0.2, 0) is 14.3 Å². The van der Waals surface area contributed by atoms with Crippen LogP contribution in [0.5, 0.6) is 0 Å². The van der Waals surface area contributed by atoms with Crippen LogP contribution in [0.1, 0.15) is 19.4 Å². The van der Waals surface area contributed by atoms with E-state index in [0.717, 1.165) is 0 Å². The maximum absolute atomic E-state index is 11.8. The maximum atomic E-state index is 11.8. The van der Waals surface area contributed by atoms with Crippen molar-refractivity contribution < 1.29 is 14.3 Å². The first-order chi connectivity index (χ1) is 12.4. The van der Waals surface area contributed by atoms with Crippen LogP contribution in [0.3, 0.4) is 0 Å². The van der Waals surface area contributed by atoms with Gasteiger partial charge in [0.15, 0.2) is 0 Å². The minimum atomic E-state index is -0.528. The van der Waals surface area contributed by atoms with Crippen LogP contribution >= 0.6 is 23.4 Å². The molecule has 1 aromatic carbocycles. The van der Waals surface area contributed by atoms with Crippen LogP contribution in [-0.4, -0.2) is 36.6 Å². The maximum Gasteiger partial charge on any atom is 0.346 e. The van der Waals surface area contributed by atoms with Gasteiger partial charge in [0.25, 0.3) is 5.91 Å². The summed E-state index contributed by atoms with van der Waals surface area (Å²) >= 11 is 7.21. The zero-order chi connectivity index (χ0) is 19.0. The van der Waals surface area contributed by atoms with E-state index in [-0.39, 0.29) is 11.9 Å². The van der Waals surface area contributed by atoms with E-state index in [1.54, 1.807) is 37.4 Å². The van der Waals surface area contributed by atoms with Gasteiger partial charge < -0.3 is 15.4 Å². The highest BCUT2D eigenvalue weighted by molar-refractivity contribution is 8.05. The van der Waals surface area contributed by atoms with E-state index in [1.165, 1.54) is 11.8 Å². The summed E-state index contributed by atoms with van der Waals surface area (Å²) in [5.41, 5.74) is 0.683. The van der Waals surface area contributed by atoms with Crippen LogP contribution in [0, 0.1) is 11.8 Å². The van der Waals surface area contributed by atoms with Crippen LogP contribution < -0.4 is 16.0 Å². The molecule has 6 nitrogen and oxygen atoms in total. The first-order valence-corrected chi connectivity index (χ1v) is 9.26. The monoisotopic (exact) mass is 393 g/mol. The van der Waals surface area contributed by atoms with E-state index in [4.69, 9.17) is 16.3 Å². The predicted molar refractivity (Wildman–Crippen MR) is 103 cm³/mol. The molecule has 1 atom stereocenters. The number of amides is 1. The van der Waals surface area contributed by atoms with E-state index in [2.05, 4.69) is 27.8 Å². The molecule has 3 N–H and O–H groups in total. The summed E-state index contributed by atoms with van der Waals surface area (Å²) in [6, 6.07) is 7.00. The smallest absolute Gasteiger partial charge is 0.346 e. The van der Waals surface area contributed by atoms with E-state index >= 15 is 0 Å². The average molecular weight is 394 g/mol. The molecule has 26 heavy (non-hydrogen) atoms. The van der Waals surface area contributed by atoms with Gasteiger partial charge in [-0.1, -0.05) is 35.3 Å². The van der Waals surface area contributed by atoms with Gasteiger partial charge in [0.1, 0.15) is 9.90 Å². The molecule has 1 amide bonds. The molecule has 0 fully saturated rings. The van der Waals surface area contributed by atoms with Gasteiger partial charge in [-0.05, 0) is 32.0 Å². The van der Waals surface area contributed by atoms with E-state index < -0.39 is 4.99 Å². The van der Waals surface area contributed by atoms with Gasteiger partial charge in [0.2, 0.25) is 0 Å². The molecule has 0 saturated carbocycles. The molecule has 0 bridgehead atoms. The van der Waals surface area contributed by atoms with Crippen molar-refractivity contribution in [1.82, 2.24) is 16.0 Å². The molecular weight excluding hydrogens is 374 g/mol. The van der Waals surface area contributed by atoms with Crippen molar-refractivity contribution in [2.75, 3.05) is 19.7 Å². The second-order valence-corrected chi connectivity index (χ2v) is 7.35. The number of ether oxygens (including phenoxy) is 1. The van der Waals surface area contributed by atoms with Gasteiger partial charge in [0.05, 0.1) is 6.61 Å². The highest BCUT2D eigenvalue weighted by Crippen LogP contribution is 2.33. The third-order valence-corrected chi connectivity index (χ3v) is 4.70. The lowest BCUT2D eigenvalue weighted by Crippen LogP contribution is -2.49. The molecule has 1 aliphatic heterocycles. The van der Waals surface area contributed by atoms with Crippen molar-refractivity contribution >= 4 is 35.2 Å². The number of thioether (sulfide) groups is 1. The molecule has 0 aliphatic carbocycles. The molecule has 1 unspecified atom stereocenters. The van der Waals surface area contributed by atoms with Gasteiger partial charge in [-0.25, -0.2) is 4.79 Å². The zero-order valence-corrected chi connectivity index (χ0v) is 16.1. The normalized spacial score (nSPS) is 18.2. The number of benzene rings is 1. The molecule has 1 heterocycles. The van der Waals surface area contributed by atoms with Crippen LogP contribution in [0.2, 0.25) is 5.02 Å². The molecule has 0 spiro atoms. The average Bonchev–Trinajstić information content (AvgIpc) is 3.00. The van der Waals surface area contributed by atoms with Gasteiger partial charge in [-0.3, -0.25) is 10.1 Å².